The Kier molecular flexibility index (Phi) is 3.35. The van der Waals surface area contributed by atoms with Gasteiger partial charge in [-0.3, -0.25) is 14.9 Å². The van der Waals surface area contributed by atoms with Crippen LogP contribution in [0.2, 0.25) is 0 Å². The van der Waals surface area contributed by atoms with Crippen molar-refractivity contribution < 1.29 is 0 Å². The number of rotatable bonds is 4. The first-order valence-corrected chi connectivity index (χ1v) is 9.06. The third-order valence-corrected chi connectivity index (χ3v) is 5.58. The summed E-state index contributed by atoms with van der Waals surface area (Å²) in [6.45, 7) is 0.391. The summed E-state index contributed by atoms with van der Waals surface area (Å²) in [7, 11) is 1.88. The van der Waals surface area contributed by atoms with Gasteiger partial charge in [0.1, 0.15) is 10.5 Å². The molecule has 4 aromatic heterocycles. The number of nitrogens with zero attached hydrogens (tertiary/aromatic N) is 6. The van der Waals surface area contributed by atoms with Crippen LogP contribution in [0.5, 0.6) is 0 Å². The summed E-state index contributed by atoms with van der Waals surface area (Å²) >= 11 is 1.59. The number of aromatic amines is 1. The van der Waals surface area contributed by atoms with Gasteiger partial charge >= 0.3 is 0 Å². The Balaban J connectivity index is 1.61. The van der Waals surface area contributed by atoms with E-state index in [1.807, 2.05) is 30.0 Å². The van der Waals surface area contributed by atoms with Crippen LogP contribution in [-0.4, -0.2) is 35.7 Å². The lowest BCUT2D eigenvalue weighted by molar-refractivity contribution is 0.633. The molecule has 5 rings (SSSR count). The quantitative estimate of drug-likeness (QED) is 0.599. The van der Waals surface area contributed by atoms with E-state index < -0.39 is 0 Å². The second kappa shape index (κ2) is 5.73. The van der Waals surface area contributed by atoms with Crippen molar-refractivity contribution in [2.75, 3.05) is 0 Å². The van der Waals surface area contributed by atoms with E-state index in [0.717, 1.165) is 38.6 Å². The zero-order valence-electron chi connectivity index (χ0n) is 14.0. The van der Waals surface area contributed by atoms with Gasteiger partial charge in [0.05, 0.1) is 23.1 Å². The number of fused-ring (bicyclic) bond motifs is 3. The highest BCUT2D eigenvalue weighted by atomic mass is 32.1. The van der Waals surface area contributed by atoms with Gasteiger partial charge in [-0.05, 0) is 6.07 Å². The Morgan fingerprint density at radius 1 is 1.38 bits per heavy atom. The number of aromatic nitrogens is 6. The smallest absolute Gasteiger partial charge is 0.291 e. The molecule has 0 aliphatic carbocycles. The topological polar surface area (TPSA) is 93.8 Å². The van der Waals surface area contributed by atoms with E-state index in [2.05, 4.69) is 20.3 Å². The Morgan fingerprint density at radius 3 is 3.08 bits per heavy atom. The molecule has 0 radical (unpaired) electrons. The second-order valence-electron chi connectivity index (χ2n) is 6.19. The zero-order valence-corrected chi connectivity index (χ0v) is 14.8. The van der Waals surface area contributed by atoms with Crippen molar-refractivity contribution in [1.82, 2.24) is 29.5 Å². The molecule has 0 saturated carbocycles. The van der Waals surface area contributed by atoms with E-state index in [1.165, 1.54) is 4.68 Å². The molecule has 1 aliphatic rings. The fourth-order valence-electron chi connectivity index (χ4n) is 3.24. The summed E-state index contributed by atoms with van der Waals surface area (Å²) in [5.74, 6) is 0. The maximum atomic E-state index is 12.9. The van der Waals surface area contributed by atoms with Gasteiger partial charge in [0.25, 0.3) is 5.56 Å². The number of hydrogen-bond donors (Lipinski definition) is 1. The number of H-pyrrole nitrogens is 1. The second-order valence-corrected chi connectivity index (χ2v) is 7.27. The maximum absolute atomic E-state index is 12.9. The van der Waals surface area contributed by atoms with Gasteiger partial charge < -0.3 is 4.57 Å². The molecule has 0 atom stereocenters. The lowest BCUT2D eigenvalue weighted by Gasteiger charge is -2.04. The summed E-state index contributed by atoms with van der Waals surface area (Å²) in [6, 6.07) is 1.94. The van der Waals surface area contributed by atoms with E-state index in [-0.39, 0.29) is 5.56 Å². The highest BCUT2D eigenvalue weighted by molar-refractivity contribution is 7.19. The van der Waals surface area contributed by atoms with Crippen molar-refractivity contribution in [2.45, 2.75) is 19.4 Å². The largest absolute Gasteiger partial charge is 0.323 e. The van der Waals surface area contributed by atoms with Crippen LogP contribution < -0.4 is 5.56 Å². The summed E-state index contributed by atoms with van der Waals surface area (Å²) in [4.78, 5) is 21.9. The Hall–Kier alpha value is -3.07. The van der Waals surface area contributed by atoms with E-state index in [9.17, 15) is 4.79 Å². The predicted octanol–water partition coefficient (Wildman–Crippen LogP) is 2.02. The molecular formula is C17H15N7OS. The third kappa shape index (κ3) is 2.31. The average Bonchev–Trinajstić information content (AvgIpc) is 3.39. The van der Waals surface area contributed by atoms with Crippen molar-refractivity contribution >= 4 is 38.8 Å². The standard InChI is InChI=1S/C17H15N7OS/c1-23-14-12(8-20-24(17(14)25)9-11-3-2-5-18-11)15-16(23)21-13(26-15)7-10-4-6-19-22-10/h3-6,8H,2,7,9H2,1H3,(H,19,22). The molecular weight excluding hydrogens is 350 g/mol. The minimum atomic E-state index is -0.117. The van der Waals surface area contributed by atoms with Gasteiger partial charge in [0.15, 0.2) is 5.65 Å². The van der Waals surface area contributed by atoms with Gasteiger partial charge in [-0.25, -0.2) is 9.67 Å². The van der Waals surface area contributed by atoms with E-state index in [1.54, 1.807) is 23.7 Å². The Bertz CT molecular complexity index is 1240. The first-order chi connectivity index (χ1) is 12.7. The number of allylic oxidation sites excluding steroid dienone is 2. The van der Waals surface area contributed by atoms with E-state index in [4.69, 9.17) is 4.98 Å². The van der Waals surface area contributed by atoms with Crippen LogP contribution in [0.4, 0.5) is 0 Å². The van der Waals surface area contributed by atoms with E-state index >= 15 is 0 Å². The molecule has 0 saturated heterocycles. The highest BCUT2D eigenvalue weighted by Crippen LogP contribution is 2.31. The molecule has 0 spiro atoms. The number of nitrogens with one attached hydrogen (secondary N) is 1. The number of hydrogen-bond acceptors (Lipinski definition) is 6. The fraction of sp³-hybridized carbons (Fsp3) is 0.235. The summed E-state index contributed by atoms with van der Waals surface area (Å²) in [6.07, 6.45) is 8.84. The first-order valence-electron chi connectivity index (χ1n) is 8.24. The molecule has 5 heterocycles. The first kappa shape index (κ1) is 15.2. The Labute approximate surface area is 151 Å². The lowest BCUT2D eigenvalue weighted by Crippen LogP contribution is -2.24. The summed E-state index contributed by atoms with van der Waals surface area (Å²) < 4.78 is 4.32. The molecule has 0 fully saturated rings. The van der Waals surface area contributed by atoms with Gasteiger partial charge in [0, 0.05) is 43.4 Å². The summed E-state index contributed by atoms with van der Waals surface area (Å²) in [5.41, 5.74) is 3.21. The molecule has 0 aromatic carbocycles. The van der Waals surface area contributed by atoms with Crippen LogP contribution >= 0.6 is 11.3 Å². The van der Waals surface area contributed by atoms with Crippen molar-refractivity contribution in [3.05, 3.63) is 51.3 Å². The van der Waals surface area contributed by atoms with Crippen LogP contribution in [0, 0.1) is 0 Å². The molecule has 0 amide bonds. The van der Waals surface area contributed by atoms with Crippen molar-refractivity contribution in [3.8, 4) is 0 Å². The highest BCUT2D eigenvalue weighted by Gasteiger charge is 2.18. The monoisotopic (exact) mass is 365 g/mol. The van der Waals surface area contributed by atoms with Crippen molar-refractivity contribution in [2.24, 2.45) is 12.0 Å². The van der Waals surface area contributed by atoms with Crippen molar-refractivity contribution in [3.63, 3.8) is 0 Å². The van der Waals surface area contributed by atoms with Gasteiger partial charge in [-0.2, -0.15) is 10.2 Å². The predicted molar refractivity (Wildman–Crippen MR) is 101 cm³/mol. The minimum absolute atomic E-state index is 0.117. The average molecular weight is 365 g/mol. The zero-order chi connectivity index (χ0) is 17.7. The fourth-order valence-corrected chi connectivity index (χ4v) is 4.37. The number of thiazole rings is 1. The molecule has 26 heavy (non-hydrogen) atoms. The number of aliphatic imine (C=N–C) groups is 1. The van der Waals surface area contributed by atoms with Gasteiger partial charge in [-0.15, -0.1) is 11.3 Å². The Morgan fingerprint density at radius 2 is 2.31 bits per heavy atom. The molecule has 0 bridgehead atoms. The molecule has 0 unspecified atom stereocenters. The van der Waals surface area contributed by atoms with Crippen molar-refractivity contribution in [1.29, 1.82) is 0 Å². The van der Waals surface area contributed by atoms with E-state index in [0.29, 0.717) is 18.5 Å². The van der Waals surface area contributed by atoms with Crippen LogP contribution in [0.1, 0.15) is 17.1 Å². The summed E-state index contributed by atoms with van der Waals surface area (Å²) in [5, 5.41) is 13.1. The van der Waals surface area contributed by atoms with Crippen LogP contribution in [0.3, 0.4) is 0 Å². The van der Waals surface area contributed by atoms with Crippen LogP contribution in [0.15, 0.2) is 40.0 Å². The lowest BCUT2D eigenvalue weighted by atomic mass is 10.3. The molecule has 9 heteroatoms. The normalized spacial score (nSPS) is 14.0. The molecule has 130 valence electrons. The van der Waals surface area contributed by atoms with Crippen LogP contribution in [0.25, 0.3) is 21.3 Å². The van der Waals surface area contributed by atoms with Crippen LogP contribution in [-0.2, 0) is 20.0 Å². The molecule has 1 N–H and O–H groups in total. The molecule has 4 aromatic rings. The van der Waals surface area contributed by atoms with Gasteiger partial charge in [-0.1, -0.05) is 6.08 Å². The maximum Gasteiger partial charge on any atom is 0.291 e. The minimum Gasteiger partial charge on any atom is -0.323 e. The SMILES string of the molecule is Cn1c2nc(Cc3ccn[nH]3)sc2c2cnn(CC3=CCC=N3)c(=O)c21. The third-order valence-electron chi connectivity index (χ3n) is 4.50. The molecule has 1 aliphatic heterocycles. The van der Waals surface area contributed by atoms with Gasteiger partial charge in [0.2, 0.25) is 0 Å². The number of aryl methyl sites for hydroxylation is 1. The molecule has 8 nitrogen and oxygen atoms in total.